The van der Waals surface area contributed by atoms with Crippen molar-refractivity contribution in [2.45, 2.75) is 88.8 Å². The monoisotopic (exact) mass is 692 g/mol. The fourth-order valence-electron chi connectivity index (χ4n) is 5.08. The summed E-state index contributed by atoms with van der Waals surface area (Å²) in [6.07, 6.45) is 3.68. The molecule has 0 N–H and O–H groups in total. The third kappa shape index (κ3) is 9.87. The molecule has 0 radical (unpaired) electrons. The molecule has 0 spiro atoms. The van der Waals surface area contributed by atoms with Crippen LogP contribution in [-0.2, 0) is 9.59 Å². The smallest absolute Gasteiger partial charge is 0.237 e. The third-order valence-electron chi connectivity index (χ3n) is 7.57. The van der Waals surface area contributed by atoms with Gasteiger partial charge in [0.25, 0.3) is 0 Å². The molecule has 10 heteroatoms. The Hall–Kier alpha value is -0.760. The van der Waals surface area contributed by atoms with Crippen LogP contribution in [0.25, 0.3) is 0 Å². The third-order valence-corrected chi connectivity index (χ3v) is 12.2. The molecule has 2 aromatic rings. The Kier molecular flexibility index (Phi) is 15.7. The molecule has 0 saturated carbocycles. The summed E-state index contributed by atoms with van der Waals surface area (Å²) >= 11 is 24.8. The molecule has 0 fully saturated rings. The van der Waals surface area contributed by atoms with E-state index in [4.69, 9.17) is 46.4 Å². The van der Waals surface area contributed by atoms with Crippen LogP contribution in [0.5, 0.6) is 0 Å². The van der Waals surface area contributed by atoms with Gasteiger partial charge < -0.3 is 9.80 Å². The van der Waals surface area contributed by atoms with E-state index in [2.05, 4.69) is 41.5 Å². The van der Waals surface area contributed by atoms with Gasteiger partial charge in [0, 0.05) is 23.1 Å². The van der Waals surface area contributed by atoms with Crippen molar-refractivity contribution < 1.29 is 9.59 Å². The van der Waals surface area contributed by atoms with E-state index in [1.807, 2.05) is 58.3 Å². The molecule has 2 amide bonds. The average molecular weight is 695 g/mol. The predicted molar refractivity (Wildman–Crippen MR) is 186 cm³/mol. The first-order valence-corrected chi connectivity index (χ1v) is 18.5. The Morgan fingerprint density at radius 3 is 1.24 bits per heavy atom. The number of carbonyl (C=O) groups is 2. The van der Waals surface area contributed by atoms with Crippen LogP contribution in [-0.4, -0.2) is 57.5 Å². The number of hydrogen-bond donors (Lipinski definition) is 0. The maximum Gasteiger partial charge on any atom is 0.237 e. The van der Waals surface area contributed by atoms with Gasteiger partial charge in [0.1, 0.15) is 11.8 Å². The summed E-state index contributed by atoms with van der Waals surface area (Å²) in [7, 11) is 3.41. The first kappa shape index (κ1) is 37.4. The van der Waals surface area contributed by atoms with Gasteiger partial charge in [0.2, 0.25) is 11.8 Å². The van der Waals surface area contributed by atoms with Crippen molar-refractivity contribution in [2.75, 3.05) is 24.8 Å². The quantitative estimate of drug-likeness (QED) is 0.122. The molecule has 234 valence electrons. The predicted octanol–water partition coefficient (Wildman–Crippen LogP) is 10.4. The molecule has 2 unspecified atom stereocenters. The highest BCUT2D eigenvalue weighted by Gasteiger charge is 2.43. The van der Waals surface area contributed by atoms with Gasteiger partial charge in [0.05, 0.1) is 21.6 Å². The van der Waals surface area contributed by atoms with Crippen molar-refractivity contribution in [1.82, 2.24) is 9.80 Å². The highest BCUT2D eigenvalue weighted by Crippen LogP contribution is 2.56. The summed E-state index contributed by atoms with van der Waals surface area (Å²) < 4.78 is 0. The molecule has 0 saturated heterocycles. The molecule has 2 aromatic carbocycles. The number of carbonyl (C=O) groups excluding carboxylic acids is 2. The molecule has 4 nitrogen and oxygen atoms in total. The minimum Gasteiger partial charge on any atom is -0.335 e. The Morgan fingerprint density at radius 1 is 0.667 bits per heavy atom. The van der Waals surface area contributed by atoms with Gasteiger partial charge in [0.15, 0.2) is 0 Å². The highest BCUT2D eigenvalue weighted by molar-refractivity contribution is 8.76. The second-order valence-electron chi connectivity index (χ2n) is 11.4. The lowest BCUT2D eigenvalue weighted by atomic mass is 9.91. The molecule has 42 heavy (non-hydrogen) atoms. The Balaban J connectivity index is 2.62. The second-order valence-corrected chi connectivity index (χ2v) is 15.3. The SMILES string of the molecule is CCCCN(C(=O)CCl)C(C)(C)C(SSC(c1ccc(Cl)cc1)C(C)(C)N(CCCC)C(=O)CCl)c1ccc(Cl)cc1. The van der Waals surface area contributed by atoms with Crippen LogP contribution in [0.2, 0.25) is 10.0 Å². The zero-order chi connectivity index (χ0) is 31.5. The maximum atomic E-state index is 13.2. The zero-order valence-electron chi connectivity index (χ0n) is 25.5. The van der Waals surface area contributed by atoms with Crippen molar-refractivity contribution in [3.63, 3.8) is 0 Å². The van der Waals surface area contributed by atoms with Crippen LogP contribution in [0.1, 0.15) is 88.9 Å². The second kappa shape index (κ2) is 17.7. The molecule has 2 rings (SSSR count). The van der Waals surface area contributed by atoms with E-state index in [1.54, 1.807) is 21.6 Å². The zero-order valence-corrected chi connectivity index (χ0v) is 30.1. The highest BCUT2D eigenvalue weighted by atomic mass is 35.5. The Morgan fingerprint density at radius 2 is 0.976 bits per heavy atom. The molecule has 2 atom stereocenters. The average Bonchev–Trinajstić information content (AvgIpc) is 2.96. The van der Waals surface area contributed by atoms with Gasteiger partial charge in [-0.15, -0.1) is 23.2 Å². The largest absolute Gasteiger partial charge is 0.335 e. The molecule has 0 aliphatic carbocycles. The van der Waals surface area contributed by atoms with Crippen molar-refractivity contribution in [1.29, 1.82) is 0 Å². The lowest BCUT2D eigenvalue weighted by Gasteiger charge is -2.46. The molecular weight excluding hydrogens is 650 g/mol. The van der Waals surface area contributed by atoms with Gasteiger partial charge in [-0.05, 0) is 75.9 Å². The number of benzene rings is 2. The van der Waals surface area contributed by atoms with Gasteiger partial charge in [-0.3, -0.25) is 9.59 Å². The van der Waals surface area contributed by atoms with Crippen molar-refractivity contribution in [3.8, 4) is 0 Å². The first-order valence-electron chi connectivity index (χ1n) is 14.4. The number of halogens is 4. The molecule has 0 aliphatic rings. The number of rotatable bonds is 17. The van der Waals surface area contributed by atoms with Crippen LogP contribution in [0.4, 0.5) is 0 Å². The van der Waals surface area contributed by atoms with Gasteiger partial charge in [-0.1, -0.05) is 95.7 Å². The van der Waals surface area contributed by atoms with Crippen LogP contribution in [0.3, 0.4) is 0 Å². The summed E-state index contributed by atoms with van der Waals surface area (Å²) in [6.45, 7) is 13.9. The summed E-state index contributed by atoms with van der Waals surface area (Å²) in [5.74, 6) is -0.336. The summed E-state index contributed by atoms with van der Waals surface area (Å²) in [5.41, 5.74) is 0.931. The maximum absolute atomic E-state index is 13.2. The van der Waals surface area contributed by atoms with E-state index >= 15 is 0 Å². The lowest BCUT2D eigenvalue weighted by Crippen LogP contribution is -2.52. The Bertz CT molecular complexity index is 1040. The number of alkyl halides is 2. The van der Waals surface area contributed by atoms with Crippen molar-refractivity contribution >= 4 is 79.8 Å². The minimum atomic E-state index is -0.588. The van der Waals surface area contributed by atoms with Crippen molar-refractivity contribution in [3.05, 3.63) is 69.7 Å². The standard InChI is InChI=1S/C32H44Cl4N2O2S2/c1-7-9-19-37(27(39)21-33)31(3,4)29(23-11-15-25(35)16-12-23)41-42-30(24-13-17-26(36)18-14-24)32(5,6)38(20-10-8-2)28(40)22-34/h11-18,29-30H,7-10,19-22H2,1-6H3. The Labute approximate surface area is 280 Å². The molecule has 0 aromatic heterocycles. The van der Waals surface area contributed by atoms with E-state index in [1.165, 1.54) is 0 Å². The summed E-state index contributed by atoms with van der Waals surface area (Å²) in [4.78, 5) is 30.2. The number of amides is 2. The molecule has 0 heterocycles. The van der Waals surface area contributed by atoms with Crippen LogP contribution >= 0.6 is 68.0 Å². The normalized spacial score (nSPS) is 13.5. The van der Waals surface area contributed by atoms with E-state index in [0.29, 0.717) is 23.1 Å². The van der Waals surface area contributed by atoms with Crippen LogP contribution in [0, 0.1) is 0 Å². The fraction of sp³-hybridized carbons (Fsp3) is 0.562. The van der Waals surface area contributed by atoms with Crippen LogP contribution in [0.15, 0.2) is 48.5 Å². The van der Waals surface area contributed by atoms with Gasteiger partial charge >= 0.3 is 0 Å². The van der Waals surface area contributed by atoms with E-state index < -0.39 is 11.1 Å². The van der Waals surface area contributed by atoms with E-state index in [9.17, 15) is 9.59 Å². The molecular formula is C32H44Cl4N2O2S2. The van der Waals surface area contributed by atoms with Crippen molar-refractivity contribution in [2.24, 2.45) is 0 Å². The minimum absolute atomic E-state index is 0.0777. The summed E-state index contributed by atoms with van der Waals surface area (Å²) in [6, 6.07) is 15.6. The number of nitrogens with zero attached hydrogens (tertiary/aromatic N) is 2. The van der Waals surface area contributed by atoms with Gasteiger partial charge in [-0.25, -0.2) is 0 Å². The topological polar surface area (TPSA) is 40.6 Å². The van der Waals surface area contributed by atoms with Crippen LogP contribution < -0.4 is 0 Å². The lowest BCUT2D eigenvalue weighted by molar-refractivity contribution is -0.134. The fourth-order valence-corrected chi connectivity index (χ4v) is 9.85. The first-order chi connectivity index (χ1) is 19.8. The van der Waals surface area contributed by atoms with Gasteiger partial charge in [-0.2, -0.15) is 0 Å². The molecule has 0 bridgehead atoms. The van der Waals surface area contributed by atoms with E-state index in [0.717, 1.165) is 36.8 Å². The summed E-state index contributed by atoms with van der Waals surface area (Å²) in [5, 5.41) is 1.03. The number of hydrogen-bond acceptors (Lipinski definition) is 4. The van der Waals surface area contributed by atoms with E-state index in [-0.39, 0.29) is 34.1 Å². The molecule has 0 aliphatic heterocycles. The number of unbranched alkanes of at least 4 members (excludes halogenated alkanes) is 2.